The summed E-state index contributed by atoms with van der Waals surface area (Å²) in [6.45, 7) is 6.70. The summed E-state index contributed by atoms with van der Waals surface area (Å²) in [5.41, 5.74) is 0. The molecule has 0 saturated carbocycles. The lowest BCUT2D eigenvalue weighted by Gasteiger charge is -2.16. The van der Waals surface area contributed by atoms with Gasteiger partial charge >= 0.3 is 2.56 Å². The van der Waals surface area contributed by atoms with E-state index in [1.165, 1.54) is 0 Å². The Balaban J connectivity index is 3.35. The van der Waals surface area contributed by atoms with Crippen LogP contribution < -0.4 is 0 Å². The molecule has 0 unspecified atom stereocenters. The molecule has 0 rings (SSSR count). The number of halogens is 2. The van der Waals surface area contributed by atoms with E-state index in [1.54, 1.807) is 0 Å². The average molecular weight is 337 g/mol. The highest BCUT2D eigenvalue weighted by atomic mass is 127. The number of nitrogens with zero attached hydrogens (tertiary/aromatic N) is 1. The molecule has 4 heteroatoms. The molecule has 0 fully saturated rings. The minimum Gasteiger partial charge on any atom is -0.325 e. The van der Waals surface area contributed by atoms with Crippen molar-refractivity contribution in [2.24, 2.45) is 0 Å². The van der Waals surface area contributed by atoms with Crippen LogP contribution in [0.4, 0.5) is 0 Å². The van der Waals surface area contributed by atoms with Gasteiger partial charge in [-0.3, -0.25) is 0 Å². The molecule has 8 heavy (non-hydrogen) atoms. The number of rotatable bonds is 3. The third kappa shape index (κ3) is 3.50. The SMILES string of the molecule is CCN(CC)B(I)I. The Morgan fingerprint density at radius 1 is 1.25 bits per heavy atom. The number of hydrogen-bond acceptors (Lipinski definition) is 1. The molecule has 0 heterocycles. The van der Waals surface area contributed by atoms with Gasteiger partial charge in [-0.1, -0.05) is 13.8 Å². The van der Waals surface area contributed by atoms with Crippen LogP contribution in [0.15, 0.2) is 0 Å². The molecule has 0 aliphatic carbocycles. The van der Waals surface area contributed by atoms with Gasteiger partial charge in [0.05, 0.1) is 0 Å². The maximum atomic E-state index is 2.42. The smallest absolute Gasteiger partial charge is 0.325 e. The van der Waals surface area contributed by atoms with E-state index < -0.39 is 0 Å². The maximum absolute atomic E-state index is 2.42. The van der Waals surface area contributed by atoms with Gasteiger partial charge in [0.1, 0.15) is 0 Å². The third-order valence-corrected chi connectivity index (χ3v) is 2.66. The van der Waals surface area contributed by atoms with Crippen molar-refractivity contribution in [3.05, 3.63) is 0 Å². The Morgan fingerprint density at radius 3 is 1.62 bits per heavy atom. The molecule has 0 N–H and O–H groups in total. The fraction of sp³-hybridized carbons (Fsp3) is 1.00. The normalized spacial score (nSPS) is 10.1. The van der Waals surface area contributed by atoms with Crippen molar-refractivity contribution in [1.29, 1.82) is 0 Å². The molecule has 0 aromatic carbocycles. The first-order valence-electron chi connectivity index (χ1n) is 2.74. The van der Waals surface area contributed by atoms with Crippen LogP contribution in [-0.4, -0.2) is 20.5 Å². The predicted octanol–water partition coefficient (Wildman–Crippen LogP) is 2.18. The zero-order valence-electron chi connectivity index (χ0n) is 5.19. The summed E-state index contributed by atoms with van der Waals surface area (Å²) in [4.78, 5) is 2.39. The minimum absolute atomic E-state index is 0.653. The summed E-state index contributed by atoms with van der Waals surface area (Å²) in [7, 11) is 0. The second-order valence-corrected chi connectivity index (χ2v) is 6.24. The van der Waals surface area contributed by atoms with Crippen molar-refractivity contribution in [2.75, 3.05) is 13.1 Å². The molecular formula is C4H10BI2N. The molecule has 1 nitrogen and oxygen atoms in total. The van der Waals surface area contributed by atoms with E-state index in [0.717, 1.165) is 13.1 Å². The van der Waals surface area contributed by atoms with E-state index in [0.29, 0.717) is 2.56 Å². The molecule has 0 amide bonds. The van der Waals surface area contributed by atoms with Crippen LogP contribution in [0.25, 0.3) is 0 Å². The fourth-order valence-corrected chi connectivity index (χ4v) is 2.08. The Hall–Kier alpha value is 1.48. The standard InChI is InChI=1S/C4H10BI2N/c1-3-8(4-2)5(6)7/h3-4H2,1-2H3. The highest BCUT2D eigenvalue weighted by Gasteiger charge is 2.10. The van der Waals surface area contributed by atoms with Crippen LogP contribution in [-0.2, 0) is 0 Å². The van der Waals surface area contributed by atoms with Crippen LogP contribution in [0.1, 0.15) is 13.8 Å². The summed E-state index contributed by atoms with van der Waals surface area (Å²) in [5, 5.41) is 0. The monoisotopic (exact) mass is 337 g/mol. The summed E-state index contributed by atoms with van der Waals surface area (Å²) < 4.78 is 0.653. The predicted molar refractivity (Wildman–Crippen MR) is 56.7 cm³/mol. The van der Waals surface area contributed by atoms with Gasteiger partial charge in [-0.25, -0.2) is 0 Å². The first-order valence-corrected chi connectivity index (χ1v) is 5.23. The van der Waals surface area contributed by atoms with Crippen molar-refractivity contribution < 1.29 is 0 Å². The van der Waals surface area contributed by atoms with Crippen molar-refractivity contribution >= 4 is 47.3 Å². The lowest BCUT2D eigenvalue weighted by Crippen LogP contribution is -2.29. The van der Waals surface area contributed by atoms with Crippen LogP contribution in [0.3, 0.4) is 0 Å². The van der Waals surface area contributed by atoms with Gasteiger partial charge in [-0.2, -0.15) is 0 Å². The first kappa shape index (κ1) is 9.48. The van der Waals surface area contributed by atoms with Gasteiger partial charge in [0.25, 0.3) is 0 Å². The van der Waals surface area contributed by atoms with Crippen molar-refractivity contribution in [3.8, 4) is 0 Å². The van der Waals surface area contributed by atoms with Crippen molar-refractivity contribution in [3.63, 3.8) is 0 Å². The zero-order chi connectivity index (χ0) is 6.57. The highest BCUT2D eigenvalue weighted by molar-refractivity contribution is 14.3. The summed E-state index contributed by atoms with van der Waals surface area (Å²) in [6.07, 6.45) is 0. The summed E-state index contributed by atoms with van der Waals surface area (Å²) in [5.74, 6) is 0. The van der Waals surface area contributed by atoms with E-state index in [2.05, 4.69) is 63.4 Å². The largest absolute Gasteiger partial charge is 0.368 e. The molecule has 0 bridgehead atoms. The molecule has 0 radical (unpaired) electrons. The maximum Gasteiger partial charge on any atom is 0.368 e. The molecule has 0 aromatic rings. The zero-order valence-corrected chi connectivity index (χ0v) is 9.51. The fourth-order valence-electron chi connectivity index (χ4n) is 0.500. The third-order valence-electron chi connectivity index (χ3n) is 1.09. The lowest BCUT2D eigenvalue weighted by atomic mass is 10.3. The van der Waals surface area contributed by atoms with Gasteiger partial charge in [0, 0.05) is 0 Å². The van der Waals surface area contributed by atoms with E-state index in [9.17, 15) is 0 Å². The second kappa shape index (κ2) is 5.28. The van der Waals surface area contributed by atoms with Gasteiger partial charge in [-0.05, 0) is 13.1 Å². The molecule has 0 saturated heterocycles. The highest BCUT2D eigenvalue weighted by Crippen LogP contribution is 2.08. The quantitative estimate of drug-likeness (QED) is 0.564. The Kier molecular flexibility index (Phi) is 6.26. The molecule has 48 valence electrons. The van der Waals surface area contributed by atoms with E-state index in [-0.39, 0.29) is 0 Å². The summed E-state index contributed by atoms with van der Waals surface area (Å²) in [6, 6.07) is 0. The molecular weight excluding hydrogens is 327 g/mol. The van der Waals surface area contributed by atoms with Gasteiger partial charge < -0.3 is 4.81 Å². The Bertz CT molecular complexity index is 56.0. The van der Waals surface area contributed by atoms with Crippen LogP contribution in [0.5, 0.6) is 0 Å². The summed E-state index contributed by atoms with van der Waals surface area (Å²) >= 11 is 4.83. The van der Waals surface area contributed by atoms with E-state index in [1.807, 2.05) is 0 Å². The average Bonchev–Trinajstić information content (AvgIpc) is 1.69. The number of hydrogen-bond donors (Lipinski definition) is 0. The Morgan fingerprint density at radius 2 is 1.62 bits per heavy atom. The second-order valence-electron chi connectivity index (χ2n) is 1.50. The van der Waals surface area contributed by atoms with Gasteiger partial charge in [0.15, 0.2) is 0 Å². The van der Waals surface area contributed by atoms with Crippen LogP contribution in [0.2, 0.25) is 0 Å². The van der Waals surface area contributed by atoms with Crippen molar-refractivity contribution in [2.45, 2.75) is 13.8 Å². The van der Waals surface area contributed by atoms with Crippen molar-refractivity contribution in [1.82, 2.24) is 4.81 Å². The topological polar surface area (TPSA) is 3.24 Å². The van der Waals surface area contributed by atoms with Crippen LogP contribution >= 0.6 is 44.7 Å². The molecule has 0 atom stereocenters. The van der Waals surface area contributed by atoms with E-state index in [4.69, 9.17) is 0 Å². The lowest BCUT2D eigenvalue weighted by molar-refractivity contribution is 0.502. The first-order chi connectivity index (χ1) is 3.72. The Labute approximate surface area is 78.4 Å². The van der Waals surface area contributed by atoms with Gasteiger partial charge in [0.2, 0.25) is 0 Å². The molecule has 0 aromatic heterocycles. The minimum atomic E-state index is 0.653. The molecule has 0 aliphatic rings. The molecule has 0 aliphatic heterocycles. The van der Waals surface area contributed by atoms with Crippen LogP contribution in [0, 0.1) is 0 Å². The van der Waals surface area contributed by atoms with Gasteiger partial charge in [-0.15, -0.1) is 44.7 Å². The van der Waals surface area contributed by atoms with E-state index >= 15 is 0 Å². The molecule has 0 spiro atoms.